The third-order valence-electron chi connectivity index (χ3n) is 4.39. The van der Waals surface area contributed by atoms with E-state index in [1.54, 1.807) is 0 Å². The first-order chi connectivity index (χ1) is 8.58. The van der Waals surface area contributed by atoms with Crippen LogP contribution < -0.4 is 0 Å². The Morgan fingerprint density at radius 1 is 1.11 bits per heavy atom. The van der Waals surface area contributed by atoms with Crippen molar-refractivity contribution in [1.82, 2.24) is 0 Å². The summed E-state index contributed by atoms with van der Waals surface area (Å²) in [6, 6.07) is 4.36. The van der Waals surface area contributed by atoms with E-state index in [0.29, 0.717) is 0 Å². The van der Waals surface area contributed by atoms with Crippen LogP contribution in [0, 0.1) is 26.7 Å². The van der Waals surface area contributed by atoms with Crippen molar-refractivity contribution in [3.05, 3.63) is 34.4 Å². The molecule has 1 unspecified atom stereocenters. The van der Waals surface area contributed by atoms with Crippen molar-refractivity contribution in [2.24, 2.45) is 5.92 Å². The highest BCUT2D eigenvalue weighted by Gasteiger charge is 2.19. The topological polar surface area (TPSA) is 20.2 Å². The van der Waals surface area contributed by atoms with Crippen LogP contribution in [0.25, 0.3) is 0 Å². The largest absolute Gasteiger partial charge is 0.388 e. The minimum absolute atomic E-state index is 0.272. The summed E-state index contributed by atoms with van der Waals surface area (Å²) in [6.45, 7) is 6.36. The molecule has 18 heavy (non-hydrogen) atoms. The highest BCUT2D eigenvalue weighted by molar-refractivity contribution is 5.38. The monoisotopic (exact) mass is 246 g/mol. The Morgan fingerprint density at radius 3 is 2.22 bits per heavy atom. The van der Waals surface area contributed by atoms with Crippen molar-refractivity contribution < 1.29 is 5.11 Å². The second-order valence-electron chi connectivity index (χ2n) is 6.06. The summed E-state index contributed by atoms with van der Waals surface area (Å²) < 4.78 is 0. The van der Waals surface area contributed by atoms with Gasteiger partial charge in [-0.25, -0.2) is 0 Å². The predicted molar refractivity (Wildman–Crippen MR) is 76.8 cm³/mol. The molecule has 0 aromatic heterocycles. The minimum atomic E-state index is -0.272. The van der Waals surface area contributed by atoms with Gasteiger partial charge in [-0.1, -0.05) is 43.4 Å². The van der Waals surface area contributed by atoms with Gasteiger partial charge in [-0.05, 0) is 56.2 Å². The molecule has 1 fully saturated rings. The molecule has 1 aliphatic rings. The first-order valence-corrected chi connectivity index (χ1v) is 7.33. The van der Waals surface area contributed by atoms with E-state index in [4.69, 9.17) is 0 Å². The molecule has 0 radical (unpaired) electrons. The molecule has 1 aromatic rings. The maximum Gasteiger partial charge on any atom is 0.0795 e. The molecule has 2 rings (SSSR count). The Bertz CT molecular complexity index is 379. The lowest BCUT2D eigenvalue weighted by Gasteiger charge is -2.19. The molecule has 0 saturated heterocycles. The quantitative estimate of drug-likeness (QED) is 0.822. The summed E-state index contributed by atoms with van der Waals surface area (Å²) in [4.78, 5) is 0. The molecule has 0 spiro atoms. The van der Waals surface area contributed by atoms with Gasteiger partial charge in [0.25, 0.3) is 0 Å². The first-order valence-electron chi connectivity index (χ1n) is 7.33. The van der Waals surface area contributed by atoms with E-state index in [1.165, 1.54) is 54.4 Å². The summed E-state index contributed by atoms with van der Waals surface area (Å²) >= 11 is 0. The standard InChI is InChI=1S/C17H26O/c1-12-10-13(2)17(14(3)11-12)16(18)9-8-15-6-4-5-7-15/h10-11,15-16,18H,4-9H2,1-3H3. The number of aliphatic hydroxyl groups excluding tert-OH is 1. The van der Waals surface area contributed by atoms with Crippen LogP contribution in [0.2, 0.25) is 0 Å². The molecule has 0 aliphatic heterocycles. The van der Waals surface area contributed by atoms with Gasteiger partial charge in [-0.2, -0.15) is 0 Å². The van der Waals surface area contributed by atoms with Crippen LogP contribution in [-0.2, 0) is 0 Å². The molecule has 1 aliphatic carbocycles. The third kappa shape index (κ3) is 3.14. The van der Waals surface area contributed by atoms with Crippen molar-refractivity contribution >= 4 is 0 Å². The lowest BCUT2D eigenvalue weighted by atomic mass is 9.91. The van der Waals surface area contributed by atoms with Gasteiger partial charge >= 0.3 is 0 Å². The number of hydrogen-bond donors (Lipinski definition) is 1. The fraction of sp³-hybridized carbons (Fsp3) is 0.647. The van der Waals surface area contributed by atoms with Crippen LogP contribution in [-0.4, -0.2) is 5.11 Å². The zero-order valence-electron chi connectivity index (χ0n) is 12.0. The zero-order valence-corrected chi connectivity index (χ0v) is 12.0. The molecular weight excluding hydrogens is 220 g/mol. The molecule has 1 N–H and O–H groups in total. The van der Waals surface area contributed by atoms with Gasteiger partial charge in [0, 0.05) is 0 Å². The smallest absolute Gasteiger partial charge is 0.0795 e. The molecule has 1 nitrogen and oxygen atoms in total. The van der Waals surface area contributed by atoms with Gasteiger partial charge in [-0.3, -0.25) is 0 Å². The Morgan fingerprint density at radius 2 is 1.67 bits per heavy atom. The highest BCUT2D eigenvalue weighted by Crippen LogP contribution is 2.33. The Labute approximate surface area is 111 Å². The van der Waals surface area contributed by atoms with Crippen LogP contribution in [0.1, 0.15) is 66.9 Å². The fourth-order valence-electron chi connectivity index (χ4n) is 3.55. The van der Waals surface area contributed by atoms with E-state index < -0.39 is 0 Å². The summed E-state index contributed by atoms with van der Waals surface area (Å²) in [7, 11) is 0. The third-order valence-corrected chi connectivity index (χ3v) is 4.39. The van der Waals surface area contributed by atoms with Gasteiger partial charge in [0.15, 0.2) is 0 Å². The molecular formula is C17H26O. The average molecular weight is 246 g/mol. The van der Waals surface area contributed by atoms with Crippen molar-refractivity contribution in [3.8, 4) is 0 Å². The second-order valence-corrected chi connectivity index (χ2v) is 6.06. The molecule has 1 aromatic carbocycles. The molecule has 1 saturated carbocycles. The minimum Gasteiger partial charge on any atom is -0.388 e. The van der Waals surface area contributed by atoms with Gasteiger partial charge in [0.1, 0.15) is 0 Å². The van der Waals surface area contributed by atoms with Crippen molar-refractivity contribution in [2.45, 2.75) is 65.4 Å². The maximum absolute atomic E-state index is 10.4. The predicted octanol–water partition coefficient (Wildman–Crippen LogP) is 4.62. The van der Waals surface area contributed by atoms with Gasteiger partial charge in [-0.15, -0.1) is 0 Å². The fourth-order valence-corrected chi connectivity index (χ4v) is 3.55. The summed E-state index contributed by atoms with van der Waals surface area (Å²) in [5.74, 6) is 0.866. The molecule has 0 amide bonds. The van der Waals surface area contributed by atoms with E-state index in [0.717, 1.165) is 12.3 Å². The van der Waals surface area contributed by atoms with Gasteiger partial charge in [0.05, 0.1) is 6.10 Å². The Hall–Kier alpha value is -0.820. The maximum atomic E-state index is 10.4. The van der Waals surface area contributed by atoms with E-state index in [9.17, 15) is 5.11 Å². The van der Waals surface area contributed by atoms with Crippen LogP contribution in [0.15, 0.2) is 12.1 Å². The van der Waals surface area contributed by atoms with Crippen LogP contribution in [0.3, 0.4) is 0 Å². The normalized spacial score (nSPS) is 18.2. The lowest BCUT2D eigenvalue weighted by molar-refractivity contribution is 0.155. The van der Waals surface area contributed by atoms with E-state index >= 15 is 0 Å². The van der Waals surface area contributed by atoms with Crippen molar-refractivity contribution in [1.29, 1.82) is 0 Å². The molecule has 0 heterocycles. The lowest BCUT2D eigenvalue weighted by Crippen LogP contribution is -2.06. The first kappa shape index (κ1) is 13.6. The molecule has 100 valence electrons. The summed E-state index contributed by atoms with van der Waals surface area (Å²) in [6.07, 6.45) is 7.37. The number of benzene rings is 1. The Kier molecular flexibility index (Phi) is 4.45. The van der Waals surface area contributed by atoms with Crippen molar-refractivity contribution in [3.63, 3.8) is 0 Å². The van der Waals surface area contributed by atoms with E-state index in [2.05, 4.69) is 32.9 Å². The zero-order chi connectivity index (χ0) is 13.1. The summed E-state index contributed by atoms with van der Waals surface area (Å²) in [5.41, 5.74) is 4.94. The number of hydrogen-bond acceptors (Lipinski definition) is 1. The number of rotatable bonds is 4. The molecule has 1 heteroatoms. The van der Waals surface area contributed by atoms with Crippen molar-refractivity contribution in [2.75, 3.05) is 0 Å². The van der Waals surface area contributed by atoms with Gasteiger partial charge in [0.2, 0.25) is 0 Å². The highest BCUT2D eigenvalue weighted by atomic mass is 16.3. The van der Waals surface area contributed by atoms with Crippen LogP contribution in [0.5, 0.6) is 0 Å². The average Bonchev–Trinajstić information content (AvgIpc) is 2.77. The SMILES string of the molecule is Cc1cc(C)c(C(O)CCC2CCCC2)c(C)c1. The molecule has 1 atom stereocenters. The van der Waals surface area contributed by atoms with Crippen LogP contribution >= 0.6 is 0 Å². The van der Waals surface area contributed by atoms with Crippen LogP contribution in [0.4, 0.5) is 0 Å². The second kappa shape index (κ2) is 5.88. The molecule has 0 bridgehead atoms. The number of aryl methyl sites for hydroxylation is 3. The number of aliphatic hydroxyl groups is 1. The van der Waals surface area contributed by atoms with E-state index in [1.807, 2.05) is 0 Å². The van der Waals surface area contributed by atoms with Gasteiger partial charge < -0.3 is 5.11 Å². The van der Waals surface area contributed by atoms with E-state index in [-0.39, 0.29) is 6.10 Å². The summed E-state index contributed by atoms with van der Waals surface area (Å²) in [5, 5.41) is 10.4. The Balaban J connectivity index is 2.01.